The van der Waals surface area contributed by atoms with E-state index in [1.165, 1.54) is 5.56 Å². The summed E-state index contributed by atoms with van der Waals surface area (Å²) >= 11 is 0. The van der Waals surface area contributed by atoms with Gasteiger partial charge >= 0.3 is 0 Å². The van der Waals surface area contributed by atoms with Gasteiger partial charge in [0.2, 0.25) is 5.91 Å². The molecule has 2 amide bonds. The number of hydrogen-bond acceptors (Lipinski definition) is 4. The smallest absolute Gasteiger partial charge is 0.251 e. The lowest BCUT2D eigenvalue weighted by atomic mass is 10.1. The lowest BCUT2D eigenvalue weighted by Gasteiger charge is -2.25. The van der Waals surface area contributed by atoms with Crippen molar-refractivity contribution in [2.75, 3.05) is 33.2 Å². The Bertz CT molecular complexity index is 1250. The van der Waals surface area contributed by atoms with Crippen molar-refractivity contribution in [2.24, 2.45) is 10.7 Å². The molecule has 0 spiro atoms. The quantitative estimate of drug-likeness (QED) is 0.189. The molecule has 0 saturated carbocycles. The molecule has 2 unspecified atom stereocenters. The maximum Gasteiger partial charge on any atom is 0.251 e. The fourth-order valence-electron chi connectivity index (χ4n) is 4.83. The maximum absolute atomic E-state index is 13.5. The molecule has 4 rings (SSSR count). The Hall–Kier alpha value is -3.91. The van der Waals surface area contributed by atoms with E-state index in [-0.39, 0.29) is 23.9 Å². The fraction of sp³-hybridized carbons (Fsp3) is 0.367. The summed E-state index contributed by atoms with van der Waals surface area (Å²) in [5, 5.41) is 11.8. The number of benzene rings is 3. The molecule has 0 bridgehead atoms. The summed E-state index contributed by atoms with van der Waals surface area (Å²) in [5.41, 5.74) is 7.59. The van der Waals surface area contributed by atoms with Crippen LogP contribution < -0.4 is 21.7 Å². The number of guanidine groups is 1. The second-order valence-corrected chi connectivity index (χ2v) is 9.72. The van der Waals surface area contributed by atoms with Gasteiger partial charge in [-0.05, 0) is 54.2 Å². The summed E-state index contributed by atoms with van der Waals surface area (Å²) < 4.78 is 0. The van der Waals surface area contributed by atoms with Crippen LogP contribution in [0.15, 0.2) is 77.8 Å². The predicted octanol–water partition coefficient (Wildman–Crippen LogP) is 2.69. The zero-order valence-corrected chi connectivity index (χ0v) is 22.0. The van der Waals surface area contributed by atoms with Crippen molar-refractivity contribution >= 4 is 28.5 Å². The third-order valence-corrected chi connectivity index (χ3v) is 7.04. The fourth-order valence-corrected chi connectivity index (χ4v) is 4.83. The largest absolute Gasteiger partial charge is 0.370 e. The van der Waals surface area contributed by atoms with E-state index in [4.69, 9.17) is 5.73 Å². The minimum absolute atomic E-state index is 0.00897. The van der Waals surface area contributed by atoms with E-state index in [0.29, 0.717) is 44.1 Å². The second kappa shape index (κ2) is 13.6. The molecular formula is C30H38N6O2. The van der Waals surface area contributed by atoms with Gasteiger partial charge in [0.15, 0.2) is 5.96 Å². The molecule has 1 saturated heterocycles. The van der Waals surface area contributed by atoms with Crippen molar-refractivity contribution < 1.29 is 9.59 Å². The van der Waals surface area contributed by atoms with Gasteiger partial charge in [0.1, 0.15) is 0 Å². The molecular weight excluding hydrogens is 476 g/mol. The van der Waals surface area contributed by atoms with Crippen LogP contribution in [0.25, 0.3) is 10.8 Å². The van der Waals surface area contributed by atoms with Gasteiger partial charge in [0, 0.05) is 44.8 Å². The van der Waals surface area contributed by atoms with Crippen LogP contribution in [0.2, 0.25) is 0 Å². The van der Waals surface area contributed by atoms with E-state index in [2.05, 4.69) is 33.1 Å². The van der Waals surface area contributed by atoms with Gasteiger partial charge in [-0.15, -0.1) is 0 Å². The lowest BCUT2D eigenvalue weighted by molar-refractivity contribution is -0.132. The van der Waals surface area contributed by atoms with E-state index >= 15 is 0 Å². The number of nitrogens with one attached hydrogen (secondary N) is 3. The summed E-state index contributed by atoms with van der Waals surface area (Å²) in [5.74, 6) is 0.398. The zero-order chi connectivity index (χ0) is 26.7. The molecule has 0 aromatic heterocycles. The molecule has 38 heavy (non-hydrogen) atoms. The molecule has 1 aliphatic rings. The third kappa shape index (κ3) is 7.55. The topological polar surface area (TPSA) is 112 Å². The predicted molar refractivity (Wildman–Crippen MR) is 153 cm³/mol. The number of nitrogens with zero attached hydrogens (tertiary/aromatic N) is 2. The Morgan fingerprint density at radius 1 is 1.05 bits per heavy atom. The van der Waals surface area contributed by atoms with Crippen LogP contribution in [0.1, 0.15) is 35.2 Å². The molecule has 3 aromatic carbocycles. The Labute approximate surface area is 224 Å². The van der Waals surface area contributed by atoms with E-state index in [9.17, 15) is 9.59 Å². The Kier molecular flexibility index (Phi) is 9.70. The zero-order valence-electron chi connectivity index (χ0n) is 22.0. The minimum Gasteiger partial charge on any atom is -0.370 e. The molecule has 0 aliphatic carbocycles. The first-order valence-electron chi connectivity index (χ1n) is 13.4. The van der Waals surface area contributed by atoms with Gasteiger partial charge in [-0.1, -0.05) is 60.7 Å². The first kappa shape index (κ1) is 27.1. The standard InChI is InChI=1S/C30H38N6O2/c1-32-30(31)33-17-7-12-27-29(38)36(18-15-22-8-3-2-4-9-22)19-16-26(35-27)21-34-28(37)25-14-13-23-10-5-6-11-24(23)20-25/h2-6,8-11,13-14,20,26-27,35H,7,12,15-19,21H2,1H3,(H,34,37)(H3,31,32,33). The summed E-state index contributed by atoms with van der Waals surface area (Å²) in [7, 11) is 1.64. The minimum atomic E-state index is -0.322. The summed E-state index contributed by atoms with van der Waals surface area (Å²) in [6, 6.07) is 23.6. The van der Waals surface area contributed by atoms with Crippen LogP contribution in [0.4, 0.5) is 0 Å². The van der Waals surface area contributed by atoms with Crippen molar-refractivity contribution in [2.45, 2.75) is 37.8 Å². The van der Waals surface area contributed by atoms with Gasteiger partial charge in [0.05, 0.1) is 6.04 Å². The first-order chi connectivity index (χ1) is 18.5. The highest BCUT2D eigenvalue weighted by molar-refractivity contribution is 5.98. The summed E-state index contributed by atoms with van der Waals surface area (Å²) in [6.07, 6.45) is 3.01. The Balaban J connectivity index is 1.38. The number of carbonyl (C=O) groups is 2. The van der Waals surface area contributed by atoms with Crippen LogP contribution in [0.3, 0.4) is 0 Å². The molecule has 1 fully saturated rings. The normalized spacial score (nSPS) is 18.3. The van der Waals surface area contributed by atoms with Crippen LogP contribution in [-0.2, 0) is 11.2 Å². The molecule has 200 valence electrons. The van der Waals surface area contributed by atoms with Crippen molar-refractivity contribution in [3.63, 3.8) is 0 Å². The summed E-state index contributed by atoms with van der Waals surface area (Å²) in [4.78, 5) is 32.3. The average molecular weight is 515 g/mol. The number of aliphatic imine (C=N–C) groups is 1. The number of carbonyl (C=O) groups excluding carboxylic acids is 2. The molecule has 0 radical (unpaired) electrons. The molecule has 2 atom stereocenters. The molecule has 1 heterocycles. The van der Waals surface area contributed by atoms with E-state index < -0.39 is 0 Å². The van der Waals surface area contributed by atoms with Gasteiger partial charge in [-0.25, -0.2) is 0 Å². The molecule has 5 N–H and O–H groups in total. The van der Waals surface area contributed by atoms with Crippen molar-refractivity contribution in [1.82, 2.24) is 20.9 Å². The van der Waals surface area contributed by atoms with Gasteiger partial charge < -0.3 is 26.6 Å². The highest BCUT2D eigenvalue weighted by Crippen LogP contribution is 2.16. The molecule has 8 nitrogen and oxygen atoms in total. The summed E-state index contributed by atoms with van der Waals surface area (Å²) in [6.45, 7) is 2.42. The van der Waals surface area contributed by atoms with Crippen molar-refractivity contribution in [1.29, 1.82) is 0 Å². The van der Waals surface area contributed by atoms with Crippen molar-refractivity contribution in [3.05, 3.63) is 83.9 Å². The van der Waals surface area contributed by atoms with Crippen molar-refractivity contribution in [3.8, 4) is 0 Å². The maximum atomic E-state index is 13.5. The van der Waals surface area contributed by atoms with E-state index in [0.717, 1.165) is 30.0 Å². The SMILES string of the molecule is CN=C(N)NCCCC1NC(CNC(=O)c2ccc3ccccc3c2)CCN(CCc2ccccc2)C1=O. The molecule has 8 heteroatoms. The Morgan fingerprint density at radius 3 is 2.61 bits per heavy atom. The van der Waals surface area contributed by atoms with E-state index in [1.54, 1.807) is 7.05 Å². The van der Waals surface area contributed by atoms with Crippen LogP contribution in [0.5, 0.6) is 0 Å². The number of nitrogens with two attached hydrogens (primary N) is 1. The van der Waals surface area contributed by atoms with Crippen LogP contribution in [0, 0.1) is 0 Å². The highest BCUT2D eigenvalue weighted by atomic mass is 16.2. The number of amides is 2. The van der Waals surface area contributed by atoms with Gasteiger partial charge in [-0.2, -0.15) is 0 Å². The average Bonchev–Trinajstić information content (AvgIpc) is 3.11. The lowest BCUT2D eigenvalue weighted by Crippen LogP contribution is -2.49. The second-order valence-electron chi connectivity index (χ2n) is 9.72. The Morgan fingerprint density at radius 2 is 1.82 bits per heavy atom. The number of fused-ring (bicyclic) bond motifs is 1. The van der Waals surface area contributed by atoms with Gasteiger partial charge in [-0.3, -0.25) is 14.6 Å². The number of hydrogen-bond donors (Lipinski definition) is 4. The first-order valence-corrected chi connectivity index (χ1v) is 13.4. The highest BCUT2D eigenvalue weighted by Gasteiger charge is 2.30. The third-order valence-electron chi connectivity index (χ3n) is 7.04. The molecule has 3 aromatic rings. The van der Waals surface area contributed by atoms with E-state index in [1.807, 2.05) is 65.6 Å². The van der Waals surface area contributed by atoms with Crippen LogP contribution in [-0.4, -0.2) is 68.0 Å². The number of rotatable bonds is 10. The van der Waals surface area contributed by atoms with Crippen LogP contribution >= 0.6 is 0 Å². The molecule has 1 aliphatic heterocycles. The monoisotopic (exact) mass is 514 g/mol. The van der Waals surface area contributed by atoms with Gasteiger partial charge in [0.25, 0.3) is 5.91 Å².